The van der Waals surface area contributed by atoms with Crippen LogP contribution in [0, 0.1) is 0 Å². The molecule has 2 aromatic rings. The summed E-state index contributed by atoms with van der Waals surface area (Å²) in [5.41, 5.74) is 0. The van der Waals surface area contributed by atoms with E-state index in [1.807, 2.05) is 18.2 Å². The molecule has 18 heavy (non-hydrogen) atoms. The summed E-state index contributed by atoms with van der Waals surface area (Å²) < 4.78 is 12.8. The van der Waals surface area contributed by atoms with Crippen molar-refractivity contribution in [2.24, 2.45) is 0 Å². The number of ether oxygens (including phenoxy) is 2. The summed E-state index contributed by atoms with van der Waals surface area (Å²) in [4.78, 5) is 0. The van der Waals surface area contributed by atoms with E-state index in [0.717, 1.165) is 0 Å². The summed E-state index contributed by atoms with van der Waals surface area (Å²) in [5, 5.41) is 0.696. The van der Waals surface area contributed by atoms with E-state index in [9.17, 15) is 0 Å². The second-order valence-corrected chi connectivity index (χ2v) is 5.91. The van der Waals surface area contributed by atoms with Crippen LogP contribution in [0.15, 0.2) is 33.2 Å². The molecule has 1 heterocycles. The lowest BCUT2D eigenvalue weighted by Crippen LogP contribution is -2.01. The highest BCUT2D eigenvalue weighted by Gasteiger charge is 2.28. The SMILES string of the molecule is Clc1c(Cl)c2c(c(Br)c1Br)Oc1ccccc1O2. The van der Waals surface area contributed by atoms with E-state index in [-0.39, 0.29) is 0 Å². The number of benzene rings is 2. The maximum atomic E-state index is 6.17. The second-order valence-electron chi connectivity index (χ2n) is 3.57. The maximum absolute atomic E-state index is 6.17. The van der Waals surface area contributed by atoms with Gasteiger partial charge in [-0.2, -0.15) is 0 Å². The molecule has 0 aromatic heterocycles. The third-order valence-electron chi connectivity index (χ3n) is 2.46. The minimum Gasteiger partial charge on any atom is -0.448 e. The van der Waals surface area contributed by atoms with Crippen molar-refractivity contribution in [3.05, 3.63) is 43.3 Å². The van der Waals surface area contributed by atoms with Crippen LogP contribution in [0.1, 0.15) is 0 Å². The molecule has 2 nitrogen and oxygen atoms in total. The summed E-state index contributed by atoms with van der Waals surface area (Å²) >= 11 is 19.0. The minimum atomic E-state index is 0.316. The first-order valence-electron chi connectivity index (χ1n) is 4.90. The first kappa shape index (κ1) is 12.6. The van der Waals surface area contributed by atoms with E-state index in [1.54, 1.807) is 6.07 Å². The van der Waals surface area contributed by atoms with Gasteiger partial charge >= 0.3 is 0 Å². The molecule has 0 aliphatic carbocycles. The van der Waals surface area contributed by atoms with Crippen LogP contribution in [-0.4, -0.2) is 0 Å². The van der Waals surface area contributed by atoms with Crippen LogP contribution in [0.25, 0.3) is 0 Å². The third kappa shape index (κ3) is 1.83. The summed E-state index contributed by atoms with van der Waals surface area (Å²) in [6.45, 7) is 0. The van der Waals surface area contributed by atoms with Gasteiger partial charge in [0, 0.05) is 0 Å². The minimum absolute atomic E-state index is 0.316. The molecule has 0 atom stereocenters. The average molecular weight is 411 g/mol. The Kier molecular flexibility index (Phi) is 3.22. The smallest absolute Gasteiger partial charge is 0.191 e. The maximum Gasteiger partial charge on any atom is 0.191 e. The van der Waals surface area contributed by atoms with Gasteiger partial charge < -0.3 is 9.47 Å². The molecule has 0 unspecified atom stereocenters. The number of halogens is 4. The van der Waals surface area contributed by atoms with Crippen LogP contribution >= 0.6 is 55.1 Å². The Bertz CT molecular complexity index is 603. The molecule has 1 aliphatic heterocycles. The highest BCUT2D eigenvalue weighted by Crippen LogP contribution is 2.56. The number of para-hydroxylation sites is 2. The summed E-state index contributed by atoms with van der Waals surface area (Å²) in [6.07, 6.45) is 0. The fourth-order valence-electron chi connectivity index (χ4n) is 1.61. The Morgan fingerprint density at radius 3 is 1.94 bits per heavy atom. The molecular formula is C12H4Br2Cl2O2. The molecule has 0 saturated heterocycles. The largest absolute Gasteiger partial charge is 0.448 e. The van der Waals surface area contributed by atoms with Crippen molar-refractivity contribution >= 4 is 55.1 Å². The van der Waals surface area contributed by atoms with E-state index in [1.165, 1.54) is 0 Å². The topological polar surface area (TPSA) is 18.5 Å². The lowest BCUT2D eigenvalue weighted by Gasteiger charge is -2.23. The van der Waals surface area contributed by atoms with Crippen molar-refractivity contribution in [3.63, 3.8) is 0 Å². The molecular weight excluding hydrogens is 407 g/mol. The Balaban J connectivity index is 2.25. The summed E-state index contributed by atoms with van der Waals surface area (Å²) in [5.74, 6) is 2.17. The van der Waals surface area contributed by atoms with E-state index in [0.29, 0.717) is 42.0 Å². The van der Waals surface area contributed by atoms with Crippen molar-refractivity contribution in [1.29, 1.82) is 0 Å². The lowest BCUT2D eigenvalue weighted by atomic mass is 10.2. The Hall–Kier alpha value is -0.420. The zero-order chi connectivity index (χ0) is 12.9. The number of hydrogen-bond acceptors (Lipinski definition) is 2. The van der Waals surface area contributed by atoms with Gasteiger partial charge in [-0.25, -0.2) is 0 Å². The Morgan fingerprint density at radius 2 is 1.33 bits per heavy atom. The molecule has 1 aliphatic rings. The quantitative estimate of drug-likeness (QED) is 0.314. The zero-order valence-corrected chi connectivity index (χ0v) is 13.3. The van der Waals surface area contributed by atoms with Gasteiger partial charge in [-0.05, 0) is 44.0 Å². The zero-order valence-electron chi connectivity index (χ0n) is 8.64. The van der Waals surface area contributed by atoms with E-state index in [4.69, 9.17) is 32.7 Å². The van der Waals surface area contributed by atoms with Gasteiger partial charge in [-0.1, -0.05) is 35.3 Å². The van der Waals surface area contributed by atoms with Crippen molar-refractivity contribution in [3.8, 4) is 23.0 Å². The molecule has 92 valence electrons. The first-order valence-corrected chi connectivity index (χ1v) is 7.24. The van der Waals surface area contributed by atoms with Gasteiger partial charge in [0.2, 0.25) is 0 Å². The molecule has 0 radical (unpaired) electrons. The molecule has 0 bridgehead atoms. The summed E-state index contributed by atoms with van der Waals surface area (Å²) in [6, 6.07) is 7.35. The molecule has 6 heteroatoms. The number of fused-ring (bicyclic) bond motifs is 2. The molecule has 0 fully saturated rings. The lowest BCUT2D eigenvalue weighted by molar-refractivity contribution is 0.357. The van der Waals surface area contributed by atoms with Crippen LogP contribution in [-0.2, 0) is 0 Å². The average Bonchev–Trinajstić information content (AvgIpc) is 2.41. The van der Waals surface area contributed by atoms with Crippen LogP contribution in [0.3, 0.4) is 0 Å². The number of rotatable bonds is 0. The molecule has 0 N–H and O–H groups in total. The molecule has 0 saturated carbocycles. The van der Waals surface area contributed by atoms with Crippen LogP contribution in [0.5, 0.6) is 23.0 Å². The van der Waals surface area contributed by atoms with Gasteiger partial charge in [0.15, 0.2) is 23.0 Å². The van der Waals surface area contributed by atoms with E-state index in [2.05, 4.69) is 31.9 Å². The van der Waals surface area contributed by atoms with Crippen molar-refractivity contribution in [2.75, 3.05) is 0 Å². The van der Waals surface area contributed by atoms with E-state index >= 15 is 0 Å². The van der Waals surface area contributed by atoms with E-state index < -0.39 is 0 Å². The van der Waals surface area contributed by atoms with Crippen LogP contribution in [0.2, 0.25) is 10.0 Å². The molecule has 0 amide bonds. The van der Waals surface area contributed by atoms with Gasteiger partial charge in [0.25, 0.3) is 0 Å². The second kappa shape index (κ2) is 4.60. The Morgan fingerprint density at radius 1 is 0.778 bits per heavy atom. The van der Waals surface area contributed by atoms with Crippen LogP contribution < -0.4 is 9.47 Å². The molecule has 2 aromatic carbocycles. The molecule has 3 rings (SSSR count). The van der Waals surface area contributed by atoms with Crippen molar-refractivity contribution in [1.82, 2.24) is 0 Å². The van der Waals surface area contributed by atoms with Gasteiger partial charge in [-0.3, -0.25) is 0 Å². The predicted molar refractivity (Wildman–Crippen MR) is 78.5 cm³/mol. The summed E-state index contributed by atoms with van der Waals surface area (Å²) in [7, 11) is 0. The van der Waals surface area contributed by atoms with Crippen molar-refractivity contribution in [2.45, 2.75) is 0 Å². The van der Waals surface area contributed by atoms with Gasteiger partial charge in [0.05, 0.1) is 14.0 Å². The highest BCUT2D eigenvalue weighted by molar-refractivity contribution is 9.13. The normalized spacial score (nSPS) is 12.2. The van der Waals surface area contributed by atoms with Gasteiger partial charge in [0.1, 0.15) is 5.02 Å². The highest BCUT2D eigenvalue weighted by atomic mass is 79.9. The monoisotopic (exact) mass is 408 g/mol. The fourth-order valence-corrected chi connectivity index (χ4v) is 3.08. The number of hydrogen-bond donors (Lipinski definition) is 0. The van der Waals surface area contributed by atoms with Crippen LogP contribution in [0.4, 0.5) is 0 Å². The molecule has 0 spiro atoms. The van der Waals surface area contributed by atoms with Gasteiger partial charge in [-0.15, -0.1) is 0 Å². The Labute approximate surface area is 130 Å². The standard InChI is InChI=1S/C12H4Br2Cl2O2/c13-7-8(14)11-12(10(16)9(7)15)18-6-4-2-1-3-5(6)17-11/h1-4H. The predicted octanol–water partition coefficient (Wildman–Crippen LogP) is 6.42. The fraction of sp³-hybridized carbons (Fsp3) is 0. The first-order chi connectivity index (χ1) is 8.59. The third-order valence-corrected chi connectivity index (χ3v) is 5.60. The van der Waals surface area contributed by atoms with Crippen molar-refractivity contribution < 1.29 is 9.47 Å².